The van der Waals surface area contributed by atoms with E-state index in [4.69, 9.17) is 5.11 Å². The summed E-state index contributed by atoms with van der Waals surface area (Å²) in [6.07, 6.45) is 2.47. The number of aryl methyl sites for hydroxylation is 1. The number of carboxylic acids is 1. The number of sulfonamides is 1. The van der Waals surface area contributed by atoms with Gasteiger partial charge in [0.2, 0.25) is 10.0 Å². The van der Waals surface area contributed by atoms with Gasteiger partial charge in [-0.2, -0.15) is 0 Å². The van der Waals surface area contributed by atoms with Gasteiger partial charge in [0.1, 0.15) is 11.3 Å². The van der Waals surface area contributed by atoms with Crippen LogP contribution in [0.3, 0.4) is 0 Å². The number of phenols is 1. The number of nitrogens with one attached hydrogen (secondary N) is 1. The summed E-state index contributed by atoms with van der Waals surface area (Å²) in [6, 6.07) is 10.6. The molecule has 6 nitrogen and oxygen atoms in total. The highest BCUT2D eigenvalue weighted by Crippen LogP contribution is 2.31. The SMILES string of the molecule is O=C(O)c1cc(S(=O)(=O)N[C@H]2CCCc3ccccc32)ccc1O. The zero-order valence-corrected chi connectivity index (χ0v) is 13.6. The minimum atomic E-state index is -3.90. The van der Waals surface area contributed by atoms with Gasteiger partial charge in [-0.1, -0.05) is 24.3 Å². The van der Waals surface area contributed by atoms with Crippen LogP contribution in [0.15, 0.2) is 47.4 Å². The van der Waals surface area contributed by atoms with E-state index in [-0.39, 0.29) is 10.9 Å². The van der Waals surface area contributed by atoms with Crippen molar-refractivity contribution in [2.75, 3.05) is 0 Å². The standard InChI is InChI=1S/C17H17NO5S/c19-16-9-8-12(10-14(16)17(20)21)24(22,23)18-15-7-3-5-11-4-1-2-6-13(11)15/h1-2,4,6,8-10,15,18-19H,3,5,7H2,(H,20,21)/t15-/m0/s1. The third-order valence-electron chi connectivity index (χ3n) is 4.18. The van der Waals surface area contributed by atoms with E-state index in [1.807, 2.05) is 24.3 Å². The third kappa shape index (κ3) is 3.13. The largest absolute Gasteiger partial charge is 0.507 e. The van der Waals surface area contributed by atoms with Crippen LogP contribution in [-0.2, 0) is 16.4 Å². The van der Waals surface area contributed by atoms with Crippen LogP contribution in [0.5, 0.6) is 5.75 Å². The molecule has 2 aromatic rings. The van der Waals surface area contributed by atoms with Crippen molar-refractivity contribution in [3.05, 3.63) is 59.2 Å². The average molecular weight is 347 g/mol. The van der Waals surface area contributed by atoms with Gasteiger partial charge in [-0.15, -0.1) is 0 Å². The minimum Gasteiger partial charge on any atom is -0.507 e. The quantitative estimate of drug-likeness (QED) is 0.788. The van der Waals surface area contributed by atoms with Gasteiger partial charge < -0.3 is 10.2 Å². The van der Waals surface area contributed by atoms with Crippen LogP contribution in [0.4, 0.5) is 0 Å². The molecule has 7 heteroatoms. The molecule has 0 saturated carbocycles. The maximum atomic E-state index is 12.6. The van der Waals surface area contributed by atoms with Crippen molar-refractivity contribution < 1.29 is 23.4 Å². The molecule has 0 amide bonds. The second-order valence-electron chi connectivity index (χ2n) is 5.75. The van der Waals surface area contributed by atoms with Gasteiger partial charge in [0.25, 0.3) is 0 Å². The van der Waals surface area contributed by atoms with Gasteiger partial charge >= 0.3 is 5.97 Å². The van der Waals surface area contributed by atoms with Crippen molar-refractivity contribution >= 4 is 16.0 Å². The van der Waals surface area contributed by atoms with E-state index in [0.717, 1.165) is 36.1 Å². The first kappa shape index (κ1) is 16.5. The fraction of sp³-hybridized carbons (Fsp3) is 0.235. The topological polar surface area (TPSA) is 104 Å². The lowest BCUT2D eigenvalue weighted by Gasteiger charge is -2.26. The fourth-order valence-electron chi connectivity index (χ4n) is 2.99. The predicted octanol–water partition coefficient (Wildman–Crippen LogP) is 2.45. The van der Waals surface area contributed by atoms with Crippen LogP contribution in [0.25, 0.3) is 0 Å². The molecule has 0 spiro atoms. The molecule has 3 N–H and O–H groups in total. The second-order valence-corrected chi connectivity index (χ2v) is 7.46. The van der Waals surface area contributed by atoms with Crippen molar-refractivity contribution in [3.8, 4) is 5.75 Å². The van der Waals surface area contributed by atoms with Crippen LogP contribution in [-0.4, -0.2) is 24.6 Å². The van der Waals surface area contributed by atoms with Gasteiger partial charge in [0.15, 0.2) is 0 Å². The third-order valence-corrected chi connectivity index (χ3v) is 5.64. The summed E-state index contributed by atoms with van der Waals surface area (Å²) < 4.78 is 27.9. The predicted molar refractivity (Wildman–Crippen MR) is 87.5 cm³/mol. The Balaban J connectivity index is 1.93. The summed E-state index contributed by atoms with van der Waals surface area (Å²) in [6.45, 7) is 0. The lowest BCUT2D eigenvalue weighted by molar-refractivity contribution is 0.0693. The first-order chi connectivity index (χ1) is 11.4. The van der Waals surface area contributed by atoms with Gasteiger partial charge in [-0.25, -0.2) is 17.9 Å². The first-order valence-corrected chi connectivity index (χ1v) is 9.03. The summed E-state index contributed by atoms with van der Waals surface area (Å²) in [5.74, 6) is -1.85. The highest BCUT2D eigenvalue weighted by molar-refractivity contribution is 7.89. The monoisotopic (exact) mass is 347 g/mol. The van der Waals surface area contributed by atoms with Gasteiger partial charge in [0.05, 0.1) is 4.90 Å². The number of aromatic hydroxyl groups is 1. The Labute approximate surface area is 139 Å². The lowest BCUT2D eigenvalue weighted by Crippen LogP contribution is -2.31. The summed E-state index contributed by atoms with van der Waals surface area (Å²) in [4.78, 5) is 10.9. The lowest BCUT2D eigenvalue weighted by atomic mass is 9.88. The van der Waals surface area contributed by atoms with E-state index in [2.05, 4.69) is 4.72 Å². The van der Waals surface area contributed by atoms with Gasteiger partial charge in [-0.05, 0) is 48.6 Å². The Morgan fingerprint density at radius 3 is 2.67 bits per heavy atom. The zero-order chi connectivity index (χ0) is 17.3. The van der Waals surface area contributed by atoms with Crippen molar-refractivity contribution in [3.63, 3.8) is 0 Å². The van der Waals surface area contributed by atoms with Crippen LogP contribution in [0.2, 0.25) is 0 Å². The molecule has 3 rings (SSSR count). The average Bonchev–Trinajstić information content (AvgIpc) is 2.55. The Morgan fingerprint density at radius 1 is 1.17 bits per heavy atom. The number of carboxylic acid groups (broad SMARTS) is 1. The summed E-state index contributed by atoms with van der Waals surface area (Å²) >= 11 is 0. The number of carbonyl (C=O) groups is 1. The molecule has 0 aromatic heterocycles. The molecule has 0 radical (unpaired) electrons. The molecule has 0 unspecified atom stereocenters. The van der Waals surface area contributed by atoms with Crippen LogP contribution in [0.1, 0.15) is 40.4 Å². The first-order valence-electron chi connectivity index (χ1n) is 7.55. The van der Waals surface area contributed by atoms with E-state index in [9.17, 15) is 18.3 Å². The maximum absolute atomic E-state index is 12.6. The summed E-state index contributed by atoms with van der Waals surface area (Å²) in [5.41, 5.74) is 1.62. The number of hydrogen-bond donors (Lipinski definition) is 3. The van der Waals surface area contributed by atoms with Gasteiger partial charge in [-0.3, -0.25) is 0 Å². The van der Waals surface area contributed by atoms with E-state index < -0.39 is 27.3 Å². The normalized spacial score (nSPS) is 17.2. The molecule has 2 aromatic carbocycles. The molecule has 126 valence electrons. The van der Waals surface area contributed by atoms with Crippen LogP contribution >= 0.6 is 0 Å². The molecule has 0 fully saturated rings. The van der Waals surface area contributed by atoms with Gasteiger partial charge in [0, 0.05) is 6.04 Å². The van der Waals surface area contributed by atoms with Crippen LogP contribution in [0, 0.1) is 0 Å². The Kier molecular flexibility index (Phi) is 4.29. The second kappa shape index (κ2) is 6.26. The van der Waals surface area contributed by atoms with Crippen LogP contribution < -0.4 is 4.72 Å². The summed E-state index contributed by atoms with van der Waals surface area (Å²) in [7, 11) is -3.90. The Hall–Kier alpha value is -2.38. The minimum absolute atomic E-state index is 0.180. The number of rotatable bonds is 4. The number of aromatic carboxylic acids is 1. The molecule has 1 atom stereocenters. The molecule has 0 heterocycles. The number of benzene rings is 2. The highest BCUT2D eigenvalue weighted by Gasteiger charge is 2.26. The van der Waals surface area contributed by atoms with Crippen molar-refractivity contribution in [1.82, 2.24) is 4.72 Å². The van der Waals surface area contributed by atoms with Crippen molar-refractivity contribution in [1.29, 1.82) is 0 Å². The highest BCUT2D eigenvalue weighted by atomic mass is 32.2. The summed E-state index contributed by atoms with van der Waals surface area (Å²) in [5, 5.41) is 18.6. The molecule has 0 saturated heterocycles. The Bertz CT molecular complexity index is 892. The van der Waals surface area contributed by atoms with Crippen molar-refractivity contribution in [2.45, 2.75) is 30.2 Å². The van der Waals surface area contributed by atoms with E-state index in [1.165, 1.54) is 6.07 Å². The zero-order valence-electron chi connectivity index (χ0n) is 12.8. The molecule has 1 aliphatic carbocycles. The number of fused-ring (bicyclic) bond motifs is 1. The maximum Gasteiger partial charge on any atom is 0.339 e. The molecule has 0 aliphatic heterocycles. The fourth-order valence-corrected chi connectivity index (χ4v) is 4.26. The molecule has 24 heavy (non-hydrogen) atoms. The molecular weight excluding hydrogens is 330 g/mol. The molecule has 0 bridgehead atoms. The smallest absolute Gasteiger partial charge is 0.339 e. The van der Waals surface area contributed by atoms with E-state index in [0.29, 0.717) is 6.42 Å². The van der Waals surface area contributed by atoms with Crippen molar-refractivity contribution in [2.24, 2.45) is 0 Å². The Morgan fingerprint density at radius 2 is 1.92 bits per heavy atom. The molecular formula is C17H17NO5S. The van der Waals surface area contributed by atoms with E-state index in [1.54, 1.807) is 0 Å². The van der Waals surface area contributed by atoms with E-state index >= 15 is 0 Å². The molecule has 1 aliphatic rings. The number of hydrogen-bond acceptors (Lipinski definition) is 4.